The SMILES string of the molecule is O=C(NC(Cc1ccccc1)C(=O)NCC(c1cccc(F)c1)N1CCOCC1)c1cccs1. The summed E-state index contributed by atoms with van der Waals surface area (Å²) in [7, 11) is 0. The van der Waals surface area contributed by atoms with Crippen LogP contribution in [0.3, 0.4) is 0 Å². The lowest BCUT2D eigenvalue weighted by molar-refractivity contribution is -0.123. The Hall–Kier alpha value is -3.07. The molecule has 0 aliphatic carbocycles. The Morgan fingerprint density at radius 2 is 1.82 bits per heavy atom. The quantitative estimate of drug-likeness (QED) is 0.491. The summed E-state index contributed by atoms with van der Waals surface area (Å²) >= 11 is 1.33. The van der Waals surface area contributed by atoms with Gasteiger partial charge >= 0.3 is 0 Å². The Morgan fingerprint density at radius 1 is 1.03 bits per heavy atom. The van der Waals surface area contributed by atoms with E-state index in [2.05, 4.69) is 15.5 Å². The number of amides is 2. The summed E-state index contributed by atoms with van der Waals surface area (Å²) in [6, 6.07) is 18.6. The van der Waals surface area contributed by atoms with E-state index >= 15 is 0 Å². The van der Waals surface area contributed by atoms with E-state index in [-0.39, 0.29) is 23.7 Å². The van der Waals surface area contributed by atoms with Gasteiger partial charge in [-0.2, -0.15) is 0 Å². The molecule has 0 saturated carbocycles. The summed E-state index contributed by atoms with van der Waals surface area (Å²) in [5.74, 6) is -0.864. The van der Waals surface area contributed by atoms with Crippen molar-refractivity contribution in [3.8, 4) is 0 Å². The minimum absolute atomic E-state index is 0.200. The molecule has 34 heavy (non-hydrogen) atoms. The van der Waals surface area contributed by atoms with Crippen LogP contribution < -0.4 is 10.6 Å². The Labute approximate surface area is 202 Å². The lowest BCUT2D eigenvalue weighted by Crippen LogP contribution is -2.50. The lowest BCUT2D eigenvalue weighted by Gasteiger charge is -2.35. The van der Waals surface area contributed by atoms with Crippen LogP contribution in [0.5, 0.6) is 0 Å². The summed E-state index contributed by atoms with van der Waals surface area (Å²) in [4.78, 5) is 28.8. The van der Waals surface area contributed by atoms with Gasteiger partial charge in [-0.15, -0.1) is 11.3 Å². The highest BCUT2D eigenvalue weighted by Crippen LogP contribution is 2.22. The predicted molar refractivity (Wildman–Crippen MR) is 130 cm³/mol. The molecule has 2 N–H and O–H groups in total. The van der Waals surface area contributed by atoms with Crippen LogP contribution in [0.1, 0.15) is 26.8 Å². The normalized spacial score (nSPS) is 15.9. The van der Waals surface area contributed by atoms with Gasteiger partial charge in [0, 0.05) is 26.1 Å². The van der Waals surface area contributed by atoms with Crippen LogP contribution in [-0.4, -0.2) is 55.6 Å². The number of benzene rings is 2. The second-order valence-corrected chi connectivity index (χ2v) is 9.11. The molecule has 1 aliphatic rings. The number of carbonyl (C=O) groups excluding carboxylic acids is 2. The van der Waals surface area contributed by atoms with E-state index in [4.69, 9.17) is 4.74 Å². The molecule has 178 valence electrons. The number of carbonyl (C=O) groups is 2. The molecule has 2 heterocycles. The van der Waals surface area contributed by atoms with E-state index in [1.54, 1.807) is 18.2 Å². The van der Waals surface area contributed by atoms with Crippen molar-refractivity contribution in [3.63, 3.8) is 0 Å². The monoisotopic (exact) mass is 481 g/mol. The van der Waals surface area contributed by atoms with E-state index in [9.17, 15) is 14.0 Å². The van der Waals surface area contributed by atoms with Crippen molar-refractivity contribution in [2.75, 3.05) is 32.8 Å². The summed E-state index contributed by atoms with van der Waals surface area (Å²) in [6.07, 6.45) is 0.367. The molecule has 2 atom stereocenters. The maximum atomic E-state index is 14.0. The van der Waals surface area contributed by atoms with Gasteiger partial charge in [-0.05, 0) is 34.7 Å². The highest BCUT2D eigenvalue weighted by molar-refractivity contribution is 7.12. The van der Waals surface area contributed by atoms with Crippen molar-refractivity contribution in [3.05, 3.63) is 93.9 Å². The number of rotatable bonds is 9. The molecule has 4 rings (SSSR count). The fourth-order valence-electron chi connectivity index (χ4n) is 4.08. The highest BCUT2D eigenvalue weighted by atomic mass is 32.1. The summed E-state index contributed by atoms with van der Waals surface area (Å²) in [5, 5.41) is 7.73. The summed E-state index contributed by atoms with van der Waals surface area (Å²) < 4.78 is 19.4. The van der Waals surface area contributed by atoms with Gasteiger partial charge in [-0.1, -0.05) is 48.5 Å². The summed E-state index contributed by atoms with van der Waals surface area (Å²) in [5.41, 5.74) is 1.74. The number of nitrogens with zero attached hydrogens (tertiary/aromatic N) is 1. The number of morpholine rings is 1. The molecule has 1 aliphatic heterocycles. The van der Waals surface area contributed by atoms with Gasteiger partial charge in [-0.3, -0.25) is 14.5 Å². The third kappa shape index (κ3) is 6.50. The number of thiophene rings is 1. The van der Waals surface area contributed by atoms with Crippen LogP contribution in [0, 0.1) is 5.82 Å². The minimum atomic E-state index is -0.741. The molecule has 0 radical (unpaired) electrons. The summed E-state index contributed by atoms with van der Waals surface area (Å²) in [6.45, 7) is 2.86. The van der Waals surface area contributed by atoms with E-state index in [0.29, 0.717) is 44.1 Å². The fourth-order valence-corrected chi connectivity index (χ4v) is 4.70. The molecular weight excluding hydrogens is 453 g/mol. The Balaban J connectivity index is 1.49. The number of hydrogen-bond donors (Lipinski definition) is 2. The first kappa shape index (κ1) is 24.1. The maximum absolute atomic E-state index is 14.0. The van der Waals surface area contributed by atoms with Crippen LogP contribution in [0.15, 0.2) is 72.1 Å². The zero-order valence-corrected chi connectivity index (χ0v) is 19.6. The van der Waals surface area contributed by atoms with E-state index in [1.165, 1.54) is 23.5 Å². The van der Waals surface area contributed by atoms with Crippen LogP contribution in [-0.2, 0) is 16.0 Å². The predicted octanol–water partition coefficient (Wildman–Crippen LogP) is 3.42. The van der Waals surface area contributed by atoms with Crippen LogP contribution >= 0.6 is 11.3 Å². The zero-order chi connectivity index (χ0) is 23.8. The molecule has 2 unspecified atom stereocenters. The molecule has 1 saturated heterocycles. The Bertz CT molecular complexity index is 1070. The largest absolute Gasteiger partial charge is 0.379 e. The molecule has 0 spiro atoms. The van der Waals surface area contributed by atoms with Crippen LogP contribution in [0.4, 0.5) is 4.39 Å². The van der Waals surface area contributed by atoms with Crippen LogP contribution in [0.25, 0.3) is 0 Å². The standard InChI is InChI=1S/C26H28FN3O3S/c27-21-9-4-8-20(17-21)23(30-11-13-33-14-12-30)18-28-25(31)22(16-19-6-2-1-3-7-19)29-26(32)24-10-5-15-34-24/h1-10,15,17,22-23H,11-14,16,18H2,(H,28,31)(H,29,32). The second kappa shape index (κ2) is 11.9. The molecule has 0 bridgehead atoms. The lowest BCUT2D eigenvalue weighted by atomic mass is 10.0. The average Bonchev–Trinajstić information content (AvgIpc) is 3.40. The Kier molecular flexibility index (Phi) is 8.41. The third-order valence-corrected chi connectivity index (χ3v) is 6.71. The van der Waals surface area contributed by atoms with Crippen molar-refractivity contribution < 1.29 is 18.7 Å². The van der Waals surface area contributed by atoms with Gasteiger partial charge in [0.05, 0.1) is 24.1 Å². The van der Waals surface area contributed by atoms with Crippen molar-refractivity contribution in [1.82, 2.24) is 15.5 Å². The van der Waals surface area contributed by atoms with E-state index < -0.39 is 6.04 Å². The molecule has 2 aromatic carbocycles. The average molecular weight is 482 g/mol. The van der Waals surface area contributed by atoms with Gasteiger partial charge < -0.3 is 15.4 Å². The maximum Gasteiger partial charge on any atom is 0.262 e. The Morgan fingerprint density at radius 3 is 2.53 bits per heavy atom. The fraction of sp³-hybridized carbons (Fsp3) is 0.308. The first-order valence-electron chi connectivity index (χ1n) is 11.3. The molecule has 1 aromatic heterocycles. The molecule has 3 aromatic rings. The van der Waals surface area contributed by atoms with Gasteiger partial charge in [0.25, 0.3) is 5.91 Å². The van der Waals surface area contributed by atoms with E-state index in [1.807, 2.05) is 41.8 Å². The molecule has 6 nitrogen and oxygen atoms in total. The number of hydrogen-bond acceptors (Lipinski definition) is 5. The molecular formula is C26H28FN3O3S. The van der Waals surface area contributed by atoms with Gasteiger partial charge in [-0.25, -0.2) is 4.39 Å². The number of nitrogens with one attached hydrogen (secondary N) is 2. The second-order valence-electron chi connectivity index (χ2n) is 8.16. The van der Waals surface area contributed by atoms with Crippen molar-refractivity contribution >= 4 is 23.2 Å². The van der Waals surface area contributed by atoms with Crippen LogP contribution in [0.2, 0.25) is 0 Å². The molecule has 1 fully saturated rings. The minimum Gasteiger partial charge on any atom is -0.379 e. The van der Waals surface area contributed by atoms with E-state index in [0.717, 1.165) is 11.1 Å². The van der Waals surface area contributed by atoms with Gasteiger partial charge in [0.15, 0.2) is 0 Å². The smallest absolute Gasteiger partial charge is 0.262 e. The molecule has 2 amide bonds. The molecule has 8 heteroatoms. The first-order chi connectivity index (χ1) is 16.6. The van der Waals surface area contributed by atoms with Gasteiger partial charge in [0.1, 0.15) is 11.9 Å². The van der Waals surface area contributed by atoms with Crippen molar-refractivity contribution in [1.29, 1.82) is 0 Å². The topological polar surface area (TPSA) is 70.7 Å². The third-order valence-electron chi connectivity index (χ3n) is 5.84. The highest BCUT2D eigenvalue weighted by Gasteiger charge is 2.27. The first-order valence-corrected chi connectivity index (χ1v) is 12.2. The number of halogens is 1. The van der Waals surface area contributed by atoms with Crippen molar-refractivity contribution in [2.45, 2.75) is 18.5 Å². The van der Waals surface area contributed by atoms with Gasteiger partial charge in [0.2, 0.25) is 5.91 Å². The number of ether oxygens (including phenoxy) is 1. The zero-order valence-electron chi connectivity index (χ0n) is 18.8. The van der Waals surface area contributed by atoms with Crippen molar-refractivity contribution in [2.24, 2.45) is 0 Å².